The Hall–Kier alpha value is -3.85. The number of nitrogens with one attached hydrogen (secondary N) is 1. The fourth-order valence-corrected chi connectivity index (χ4v) is 7.18. The van der Waals surface area contributed by atoms with Crippen LogP contribution < -0.4 is 15.0 Å². The van der Waals surface area contributed by atoms with Crippen molar-refractivity contribution in [3.8, 4) is 17.0 Å². The number of carbonyl (C=O) groups is 2. The lowest BCUT2D eigenvalue weighted by atomic mass is 9.78. The molecule has 3 fully saturated rings. The molecule has 2 amide bonds. The number of aliphatic hydroxyl groups excluding tert-OH is 1. The second kappa shape index (κ2) is 14.7. The van der Waals surface area contributed by atoms with E-state index in [1.54, 1.807) is 13.4 Å². The Morgan fingerprint density at radius 1 is 0.978 bits per heavy atom. The zero-order valence-corrected chi connectivity index (χ0v) is 27.1. The van der Waals surface area contributed by atoms with Gasteiger partial charge in [-0.05, 0) is 112 Å². The summed E-state index contributed by atoms with van der Waals surface area (Å²) in [5.74, 6) is 3.11. The number of anilines is 1. The van der Waals surface area contributed by atoms with Gasteiger partial charge >= 0.3 is 6.09 Å². The van der Waals surface area contributed by atoms with Crippen LogP contribution in [0.5, 0.6) is 5.75 Å². The normalized spacial score (nSPS) is 23.0. The van der Waals surface area contributed by atoms with Gasteiger partial charge in [0.25, 0.3) is 0 Å². The predicted molar refractivity (Wildman–Crippen MR) is 176 cm³/mol. The highest BCUT2D eigenvalue weighted by Gasteiger charge is 2.34. The minimum atomic E-state index is -0.514. The molecule has 46 heavy (non-hydrogen) atoms. The third kappa shape index (κ3) is 7.74. The quantitative estimate of drug-likeness (QED) is 0.232. The van der Waals surface area contributed by atoms with Crippen molar-refractivity contribution < 1.29 is 28.6 Å². The van der Waals surface area contributed by atoms with Gasteiger partial charge in [0.05, 0.1) is 13.7 Å². The summed E-state index contributed by atoms with van der Waals surface area (Å²) in [6.07, 6.45) is 10.2. The van der Waals surface area contributed by atoms with E-state index in [2.05, 4.69) is 36.5 Å². The number of oxazole rings is 1. The van der Waals surface area contributed by atoms with Crippen LogP contribution in [-0.4, -0.2) is 55.0 Å². The molecule has 6 rings (SSSR count). The highest BCUT2D eigenvalue weighted by Crippen LogP contribution is 2.41. The Labute approximate surface area is 271 Å². The first-order chi connectivity index (χ1) is 22.4. The van der Waals surface area contributed by atoms with E-state index in [1.807, 2.05) is 23.1 Å². The summed E-state index contributed by atoms with van der Waals surface area (Å²) in [5.41, 5.74) is 5.20. The number of benzene rings is 2. The van der Waals surface area contributed by atoms with Crippen LogP contribution in [0.15, 0.2) is 53.1 Å². The van der Waals surface area contributed by atoms with Crippen LogP contribution in [0.25, 0.3) is 11.3 Å². The standard InChI is InChI=1S/C37H47N3O6/c1-24-20-29(14-17-34(24)44-2)26-8-6-25(7-9-26)22-40(36(42)28-12-15-32(16-13-28)46-37(43)38-18-19-41)31-5-3-4-30(21-31)33-23-45-35(39-33)27-10-11-27/h3-5,14,17,20-21,23,25-28,32,41H,6-13,15-16,18-19,22H2,1-2H3,(H,38,43)/t25-,26-,28-,32-. The number of carbonyl (C=O) groups excluding carboxylic acids is 2. The molecule has 0 spiro atoms. The van der Waals surface area contributed by atoms with Crippen LogP contribution >= 0.6 is 0 Å². The summed E-state index contributed by atoms with van der Waals surface area (Å²) in [6.45, 7) is 2.82. The molecule has 0 bridgehead atoms. The SMILES string of the molecule is COc1ccc([C@H]2CC[C@H](CN(c3cccc(-c4coc(C5CC5)n4)c3)C(=O)[C@H]3CC[C@H](OC(=O)NCCO)CC3)CC2)cc1C. The molecule has 246 valence electrons. The number of ether oxygens (including phenoxy) is 2. The Morgan fingerprint density at radius 3 is 2.43 bits per heavy atom. The number of nitrogens with zero attached hydrogens (tertiary/aromatic N) is 2. The molecule has 0 radical (unpaired) electrons. The Kier molecular flexibility index (Phi) is 10.3. The largest absolute Gasteiger partial charge is 0.496 e. The molecule has 9 heteroatoms. The molecule has 0 atom stereocenters. The summed E-state index contributed by atoms with van der Waals surface area (Å²) in [7, 11) is 1.71. The van der Waals surface area contributed by atoms with Gasteiger partial charge in [-0.25, -0.2) is 9.78 Å². The third-order valence-corrected chi connectivity index (χ3v) is 10.0. The van der Waals surface area contributed by atoms with E-state index in [0.29, 0.717) is 50.0 Å². The van der Waals surface area contributed by atoms with E-state index in [0.717, 1.165) is 67.1 Å². The molecule has 2 N–H and O–H groups in total. The van der Waals surface area contributed by atoms with Gasteiger partial charge in [0.1, 0.15) is 23.8 Å². The minimum absolute atomic E-state index is 0.129. The average Bonchev–Trinajstić information content (AvgIpc) is 3.82. The highest BCUT2D eigenvalue weighted by molar-refractivity contribution is 5.95. The molecule has 9 nitrogen and oxygen atoms in total. The van der Waals surface area contributed by atoms with Crippen molar-refractivity contribution in [3.63, 3.8) is 0 Å². The molecule has 1 aromatic heterocycles. The third-order valence-electron chi connectivity index (χ3n) is 10.0. The Morgan fingerprint density at radius 2 is 1.74 bits per heavy atom. The molecule has 3 aliphatic rings. The van der Waals surface area contributed by atoms with E-state index in [4.69, 9.17) is 24.0 Å². The Balaban J connectivity index is 1.15. The zero-order valence-electron chi connectivity index (χ0n) is 27.1. The first-order valence-corrected chi connectivity index (χ1v) is 17.0. The average molecular weight is 630 g/mol. The second-order valence-corrected chi connectivity index (χ2v) is 13.3. The lowest BCUT2D eigenvalue weighted by Gasteiger charge is -2.36. The maximum absolute atomic E-state index is 14.3. The number of rotatable bonds is 11. The van der Waals surface area contributed by atoms with Crippen LogP contribution in [0.1, 0.15) is 93.1 Å². The van der Waals surface area contributed by atoms with Gasteiger partial charge in [-0.15, -0.1) is 0 Å². The van der Waals surface area contributed by atoms with Gasteiger partial charge in [0.15, 0.2) is 5.89 Å². The molecule has 3 saturated carbocycles. The van der Waals surface area contributed by atoms with E-state index in [9.17, 15) is 9.59 Å². The second-order valence-electron chi connectivity index (χ2n) is 13.3. The molecule has 0 aliphatic heterocycles. The lowest BCUT2D eigenvalue weighted by Crippen LogP contribution is -2.42. The number of methoxy groups -OCH3 is 1. The van der Waals surface area contributed by atoms with Crippen molar-refractivity contribution in [2.45, 2.75) is 89.1 Å². The van der Waals surface area contributed by atoms with Crippen molar-refractivity contribution in [1.82, 2.24) is 10.3 Å². The summed E-state index contributed by atoms with van der Waals surface area (Å²) < 4.78 is 16.8. The topological polar surface area (TPSA) is 114 Å². The van der Waals surface area contributed by atoms with Crippen LogP contribution in [0.2, 0.25) is 0 Å². The number of hydrogen-bond acceptors (Lipinski definition) is 7. The smallest absolute Gasteiger partial charge is 0.407 e. The van der Waals surface area contributed by atoms with Gasteiger partial charge in [-0.3, -0.25) is 4.79 Å². The molecule has 1 heterocycles. The molecule has 3 aliphatic carbocycles. The van der Waals surface area contributed by atoms with E-state index in [-0.39, 0.29) is 31.1 Å². The van der Waals surface area contributed by atoms with Crippen molar-refractivity contribution in [1.29, 1.82) is 0 Å². The number of alkyl carbamates (subject to hydrolysis) is 1. The summed E-state index contributed by atoms with van der Waals surface area (Å²) in [5, 5.41) is 11.5. The van der Waals surface area contributed by atoms with Gasteiger partial charge in [0, 0.05) is 36.2 Å². The van der Waals surface area contributed by atoms with Crippen LogP contribution in [0, 0.1) is 18.8 Å². The first-order valence-electron chi connectivity index (χ1n) is 17.0. The molecule has 0 saturated heterocycles. The fourth-order valence-electron chi connectivity index (χ4n) is 7.18. The highest BCUT2D eigenvalue weighted by atomic mass is 16.6. The summed E-state index contributed by atoms with van der Waals surface area (Å²) in [6, 6.07) is 14.7. The number of aromatic nitrogens is 1. The van der Waals surface area contributed by atoms with Crippen LogP contribution in [0.3, 0.4) is 0 Å². The number of aliphatic hydroxyl groups is 1. The molecule has 3 aromatic rings. The van der Waals surface area contributed by atoms with E-state index < -0.39 is 6.09 Å². The first kappa shape index (κ1) is 32.1. The Bertz CT molecular complexity index is 1480. The van der Waals surface area contributed by atoms with E-state index >= 15 is 0 Å². The monoisotopic (exact) mass is 629 g/mol. The van der Waals surface area contributed by atoms with Crippen molar-refractivity contribution in [2.24, 2.45) is 11.8 Å². The van der Waals surface area contributed by atoms with Crippen molar-refractivity contribution in [2.75, 3.05) is 31.7 Å². The maximum atomic E-state index is 14.3. The van der Waals surface area contributed by atoms with Crippen LogP contribution in [0.4, 0.5) is 10.5 Å². The van der Waals surface area contributed by atoms with Gasteiger partial charge in [-0.1, -0.05) is 24.3 Å². The molecular weight excluding hydrogens is 582 g/mol. The van der Waals surface area contributed by atoms with Gasteiger partial charge in [0.2, 0.25) is 5.91 Å². The zero-order chi connectivity index (χ0) is 32.0. The van der Waals surface area contributed by atoms with E-state index in [1.165, 1.54) is 11.1 Å². The summed E-state index contributed by atoms with van der Waals surface area (Å²) >= 11 is 0. The molecule has 0 unspecified atom stereocenters. The van der Waals surface area contributed by atoms with Gasteiger partial charge in [-0.2, -0.15) is 0 Å². The van der Waals surface area contributed by atoms with Crippen molar-refractivity contribution >= 4 is 17.7 Å². The minimum Gasteiger partial charge on any atom is -0.496 e. The number of aryl methyl sites for hydroxylation is 1. The fraction of sp³-hybridized carbons (Fsp3) is 0.541. The number of hydrogen-bond donors (Lipinski definition) is 2. The molecular formula is C37H47N3O6. The lowest BCUT2D eigenvalue weighted by molar-refractivity contribution is -0.124. The maximum Gasteiger partial charge on any atom is 0.407 e. The van der Waals surface area contributed by atoms with Crippen LogP contribution in [-0.2, 0) is 9.53 Å². The predicted octanol–water partition coefficient (Wildman–Crippen LogP) is 7.12. The van der Waals surface area contributed by atoms with Crippen molar-refractivity contribution in [3.05, 3.63) is 65.7 Å². The number of amides is 2. The van der Waals surface area contributed by atoms with Gasteiger partial charge < -0.3 is 29.2 Å². The molecule has 2 aromatic carbocycles. The summed E-state index contributed by atoms with van der Waals surface area (Å²) in [4.78, 5) is 33.1.